The number of hydrogen-bond donors (Lipinski definition) is 1. The van der Waals surface area contributed by atoms with Gasteiger partial charge in [-0.25, -0.2) is 13.6 Å². The molecule has 0 saturated carbocycles. The summed E-state index contributed by atoms with van der Waals surface area (Å²) in [5.74, 6) is 0.566. The zero-order valence-electron chi connectivity index (χ0n) is 12.1. The third kappa shape index (κ3) is 3.90. The van der Waals surface area contributed by atoms with E-state index in [0.29, 0.717) is 23.3 Å². The Balaban J connectivity index is 2.31. The van der Waals surface area contributed by atoms with Crippen LogP contribution in [-0.2, 0) is 10.0 Å². The zero-order chi connectivity index (χ0) is 15.5. The highest BCUT2D eigenvalue weighted by Gasteiger charge is 2.15. The van der Waals surface area contributed by atoms with E-state index in [4.69, 9.17) is 9.88 Å². The van der Waals surface area contributed by atoms with E-state index in [1.807, 2.05) is 14.1 Å². The van der Waals surface area contributed by atoms with E-state index in [0.717, 1.165) is 13.0 Å². The van der Waals surface area contributed by atoms with Gasteiger partial charge in [0, 0.05) is 18.1 Å². The van der Waals surface area contributed by atoms with Crippen LogP contribution in [0.25, 0.3) is 10.9 Å². The van der Waals surface area contributed by atoms with Crippen molar-refractivity contribution < 1.29 is 13.2 Å². The van der Waals surface area contributed by atoms with Crippen molar-refractivity contribution in [3.8, 4) is 5.75 Å². The molecule has 1 heterocycles. The van der Waals surface area contributed by atoms with E-state index in [-0.39, 0.29) is 4.90 Å². The Morgan fingerprint density at radius 2 is 2.05 bits per heavy atom. The molecule has 0 spiro atoms. The van der Waals surface area contributed by atoms with E-state index in [1.165, 1.54) is 6.07 Å². The summed E-state index contributed by atoms with van der Waals surface area (Å²) in [5.41, 5.74) is 0.508. The highest BCUT2D eigenvalue weighted by atomic mass is 32.2. The van der Waals surface area contributed by atoms with E-state index in [2.05, 4.69) is 9.88 Å². The number of rotatable bonds is 6. The van der Waals surface area contributed by atoms with Crippen LogP contribution in [0, 0.1) is 0 Å². The number of nitrogens with two attached hydrogens (primary N) is 1. The van der Waals surface area contributed by atoms with E-state index in [1.54, 1.807) is 24.4 Å². The molecule has 2 aromatic rings. The predicted octanol–water partition coefficient (Wildman–Crippen LogP) is 1.21. The minimum Gasteiger partial charge on any atom is -0.491 e. The first-order valence-corrected chi connectivity index (χ1v) is 8.12. The second kappa shape index (κ2) is 6.38. The lowest BCUT2D eigenvalue weighted by molar-refractivity contribution is 0.283. The predicted molar refractivity (Wildman–Crippen MR) is 81.8 cm³/mol. The Morgan fingerprint density at radius 3 is 2.71 bits per heavy atom. The van der Waals surface area contributed by atoms with Gasteiger partial charge in [-0.3, -0.25) is 4.98 Å². The monoisotopic (exact) mass is 309 g/mol. The van der Waals surface area contributed by atoms with Gasteiger partial charge in [0.05, 0.1) is 11.5 Å². The van der Waals surface area contributed by atoms with Crippen molar-refractivity contribution in [1.82, 2.24) is 9.88 Å². The van der Waals surface area contributed by atoms with Crippen molar-refractivity contribution in [3.63, 3.8) is 0 Å². The van der Waals surface area contributed by atoms with Gasteiger partial charge in [0.1, 0.15) is 11.3 Å². The number of sulfonamides is 1. The molecule has 0 saturated heterocycles. The van der Waals surface area contributed by atoms with Gasteiger partial charge in [0.15, 0.2) is 0 Å². The Labute approximate surface area is 124 Å². The molecule has 0 atom stereocenters. The summed E-state index contributed by atoms with van der Waals surface area (Å²) in [6.45, 7) is 1.46. The molecule has 0 aliphatic heterocycles. The fourth-order valence-electron chi connectivity index (χ4n) is 2.05. The fourth-order valence-corrected chi connectivity index (χ4v) is 2.78. The number of pyridine rings is 1. The summed E-state index contributed by atoms with van der Waals surface area (Å²) in [7, 11) is 0.211. The molecule has 2 N–H and O–H groups in total. The summed E-state index contributed by atoms with van der Waals surface area (Å²) < 4.78 is 28.9. The van der Waals surface area contributed by atoms with E-state index in [9.17, 15) is 8.42 Å². The number of primary sulfonamides is 1. The van der Waals surface area contributed by atoms with Crippen LogP contribution in [0.5, 0.6) is 5.75 Å². The largest absolute Gasteiger partial charge is 0.491 e. The summed E-state index contributed by atoms with van der Waals surface area (Å²) in [4.78, 5) is 6.35. The molecule has 0 unspecified atom stereocenters. The van der Waals surface area contributed by atoms with Crippen LogP contribution in [0.4, 0.5) is 0 Å². The van der Waals surface area contributed by atoms with E-state index >= 15 is 0 Å². The molecule has 0 fully saturated rings. The molecule has 0 bridgehead atoms. The molecular formula is C14H19N3O3S. The summed E-state index contributed by atoms with van der Waals surface area (Å²) >= 11 is 0. The molecule has 6 nitrogen and oxygen atoms in total. The first-order chi connectivity index (χ1) is 9.89. The molecule has 2 rings (SSSR count). The van der Waals surface area contributed by atoms with Gasteiger partial charge >= 0.3 is 0 Å². The van der Waals surface area contributed by atoms with Crippen LogP contribution in [-0.4, -0.2) is 45.5 Å². The minimum atomic E-state index is -3.78. The van der Waals surface area contributed by atoms with Gasteiger partial charge in [0.2, 0.25) is 10.0 Å². The molecule has 0 aliphatic carbocycles. The second-order valence-electron chi connectivity index (χ2n) is 5.01. The molecule has 114 valence electrons. The molecule has 1 aromatic carbocycles. The zero-order valence-corrected chi connectivity index (χ0v) is 12.9. The minimum absolute atomic E-state index is 0.0613. The highest BCUT2D eigenvalue weighted by Crippen LogP contribution is 2.28. The average Bonchev–Trinajstić information content (AvgIpc) is 2.42. The fraction of sp³-hybridized carbons (Fsp3) is 0.357. The van der Waals surface area contributed by atoms with Gasteiger partial charge in [-0.2, -0.15) is 0 Å². The SMILES string of the molecule is CN(C)CCCOc1ccc(S(N)(=O)=O)c2cccnc12. The van der Waals surface area contributed by atoms with Crippen molar-refractivity contribution in [2.24, 2.45) is 5.14 Å². The third-order valence-corrected chi connectivity index (χ3v) is 3.98. The number of fused-ring (bicyclic) bond motifs is 1. The van der Waals surface area contributed by atoms with Crippen LogP contribution in [0.3, 0.4) is 0 Å². The second-order valence-corrected chi connectivity index (χ2v) is 6.54. The van der Waals surface area contributed by atoms with Crippen LogP contribution in [0.1, 0.15) is 6.42 Å². The quantitative estimate of drug-likeness (QED) is 0.811. The highest BCUT2D eigenvalue weighted by molar-refractivity contribution is 7.89. The van der Waals surface area contributed by atoms with Crippen molar-refractivity contribution >= 4 is 20.9 Å². The van der Waals surface area contributed by atoms with E-state index < -0.39 is 10.0 Å². The maximum Gasteiger partial charge on any atom is 0.238 e. The van der Waals surface area contributed by atoms with Crippen LogP contribution in [0.15, 0.2) is 35.4 Å². The maximum absolute atomic E-state index is 11.6. The Morgan fingerprint density at radius 1 is 1.29 bits per heavy atom. The maximum atomic E-state index is 11.6. The van der Waals surface area contributed by atoms with Crippen molar-refractivity contribution in [2.45, 2.75) is 11.3 Å². The molecule has 0 amide bonds. The Hall–Kier alpha value is -1.70. The number of benzene rings is 1. The lowest BCUT2D eigenvalue weighted by atomic mass is 10.2. The van der Waals surface area contributed by atoms with Gasteiger partial charge in [0.25, 0.3) is 0 Å². The van der Waals surface area contributed by atoms with Crippen LogP contribution >= 0.6 is 0 Å². The standard InChI is InChI=1S/C14H19N3O3S/c1-17(2)9-4-10-20-12-6-7-13(21(15,18)19)11-5-3-8-16-14(11)12/h3,5-8H,4,9-10H2,1-2H3,(H2,15,18,19). The third-order valence-electron chi connectivity index (χ3n) is 3.01. The summed E-state index contributed by atoms with van der Waals surface area (Å²) in [6.07, 6.45) is 2.47. The smallest absolute Gasteiger partial charge is 0.238 e. The number of ether oxygens (including phenoxy) is 1. The topological polar surface area (TPSA) is 85.5 Å². The molecule has 1 aromatic heterocycles. The van der Waals surface area contributed by atoms with Crippen molar-refractivity contribution in [1.29, 1.82) is 0 Å². The number of nitrogens with zero attached hydrogens (tertiary/aromatic N) is 2. The Kier molecular flexibility index (Phi) is 4.76. The Bertz CT molecular complexity index is 729. The first kappa shape index (κ1) is 15.7. The molecule has 0 radical (unpaired) electrons. The van der Waals surface area contributed by atoms with Gasteiger partial charge in [-0.1, -0.05) is 0 Å². The number of aromatic nitrogens is 1. The molecule has 7 heteroatoms. The average molecular weight is 309 g/mol. The lowest BCUT2D eigenvalue weighted by Gasteiger charge is -2.12. The lowest BCUT2D eigenvalue weighted by Crippen LogP contribution is -2.16. The molecular weight excluding hydrogens is 290 g/mol. The van der Waals surface area contributed by atoms with Gasteiger partial charge < -0.3 is 9.64 Å². The normalized spacial score (nSPS) is 12.0. The van der Waals surface area contributed by atoms with Crippen LogP contribution < -0.4 is 9.88 Å². The number of hydrogen-bond acceptors (Lipinski definition) is 5. The van der Waals surface area contributed by atoms with Gasteiger partial charge in [-0.15, -0.1) is 0 Å². The summed E-state index contributed by atoms with van der Waals surface area (Å²) in [5, 5.41) is 5.70. The van der Waals surface area contributed by atoms with Crippen LogP contribution in [0.2, 0.25) is 0 Å². The first-order valence-electron chi connectivity index (χ1n) is 6.57. The molecule has 21 heavy (non-hydrogen) atoms. The summed E-state index contributed by atoms with van der Waals surface area (Å²) in [6, 6.07) is 6.41. The van der Waals surface area contributed by atoms with Crippen molar-refractivity contribution in [3.05, 3.63) is 30.5 Å². The molecule has 0 aliphatic rings. The van der Waals surface area contributed by atoms with Gasteiger partial charge in [-0.05, 0) is 44.8 Å². The van der Waals surface area contributed by atoms with Crippen molar-refractivity contribution in [2.75, 3.05) is 27.2 Å².